The molecule has 1 unspecified atom stereocenters. The van der Waals surface area contributed by atoms with Gasteiger partial charge in [0.1, 0.15) is 5.75 Å². The first-order valence-corrected chi connectivity index (χ1v) is 5.88. The molecule has 15 heavy (non-hydrogen) atoms. The molecule has 1 rings (SSSR count). The molecule has 0 aliphatic carbocycles. The fraction of sp³-hybridized carbons (Fsp3) is 0.571. The zero-order valence-corrected chi connectivity index (χ0v) is 9.78. The summed E-state index contributed by atoms with van der Waals surface area (Å²) in [6, 6.07) is 9.81. The van der Waals surface area contributed by atoms with Gasteiger partial charge in [0.15, 0.2) is 0 Å². The van der Waals surface area contributed by atoms with Crippen LogP contribution in [0.1, 0.15) is 47.3 Å². The molecule has 2 atom stereocenters. The van der Waals surface area contributed by atoms with Crippen molar-refractivity contribution in [3.63, 3.8) is 0 Å². The van der Waals surface area contributed by atoms with Crippen LogP contribution in [0.25, 0.3) is 0 Å². The van der Waals surface area contributed by atoms with E-state index in [9.17, 15) is 0 Å². The predicted octanol–water partition coefficient (Wildman–Crippen LogP) is 4.42. The van der Waals surface area contributed by atoms with Crippen LogP contribution in [0, 0.1) is 0 Å². The molecular weight excluding hydrogens is 184 g/mol. The van der Waals surface area contributed by atoms with Gasteiger partial charge in [0.2, 0.25) is 0 Å². The van der Waals surface area contributed by atoms with Crippen molar-refractivity contribution in [2.75, 3.05) is 0 Å². The number of benzene rings is 1. The van der Waals surface area contributed by atoms with Gasteiger partial charge in [-0.1, -0.05) is 44.9 Å². The number of rotatable bonds is 7. The van der Waals surface area contributed by atoms with Crippen LogP contribution in [0.15, 0.2) is 30.3 Å². The summed E-state index contributed by atoms with van der Waals surface area (Å²) in [4.78, 5) is 0. The molecule has 0 aliphatic heterocycles. The zero-order valence-electron chi connectivity index (χ0n) is 10.8. The fourth-order valence-electron chi connectivity index (χ4n) is 1.56. The SMILES string of the molecule is [2H]C(C)[C@@H](CCCCC)Oc1ccccc1. The van der Waals surface area contributed by atoms with E-state index in [1.807, 2.05) is 37.3 Å². The van der Waals surface area contributed by atoms with Gasteiger partial charge in [-0.2, -0.15) is 0 Å². The monoisotopic (exact) mass is 207 g/mol. The van der Waals surface area contributed by atoms with E-state index < -0.39 is 0 Å². The summed E-state index contributed by atoms with van der Waals surface area (Å²) in [5, 5.41) is 0. The minimum atomic E-state index is -0.169. The van der Waals surface area contributed by atoms with Crippen molar-refractivity contribution in [1.29, 1.82) is 0 Å². The van der Waals surface area contributed by atoms with Crippen LogP contribution in [0.2, 0.25) is 0 Å². The summed E-state index contributed by atoms with van der Waals surface area (Å²) in [7, 11) is 0. The van der Waals surface area contributed by atoms with E-state index in [4.69, 9.17) is 6.11 Å². The lowest BCUT2D eigenvalue weighted by atomic mass is 10.1. The molecule has 1 aromatic rings. The van der Waals surface area contributed by atoms with E-state index in [2.05, 4.69) is 6.92 Å². The van der Waals surface area contributed by atoms with Crippen LogP contribution in [-0.2, 0) is 0 Å². The van der Waals surface area contributed by atoms with E-state index in [1.165, 1.54) is 12.8 Å². The minimum absolute atomic E-state index is 0.0222. The van der Waals surface area contributed by atoms with Crippen molar-refractivity contribution in [3.8, 4) is 5.75 Å². The van der Waals surface area contributed by atoms with Gasteiger partial charge in [-0.3, -0.25) is 0 Å². The van der Waals surface area contributed by atoms with Crippen molar-refractivity contribution < 1.29 is 6.11 Å². The molecule has 0 fully saturated rings. The van der Waals surface area contributed by atoms with E-state index in [1.54, 1.807) is 0 Å². The Labute approximate surface area is 94.9 Å². The highest BCUT2D eigenvalue weighted by atomic mass is 16.5. The summed E-state index contributed by atoms with van der Waals surface area (Å²) in [6.45, 7) is 4.09. The van der Waals surface area contributed by atoms with E-state index >= 15 is 0 Å². The summed E-state index contributed by atoms with van der Waals surface area (Å²) >= 11 is 0. The maximum atomic E-state index is 7.79. The largest absolute Gasteiger partial charge is 0.490 e. The molecule has 1 heteroatoms. The fourth-order valence-corrected chi connectivity index (χ4v) is 1.56. The van der Waals surface area contributed by atoms with Gasteiger partial charge in [-0.05, 0) is 31.4 Å². The highest BCUT2D eigenvalue weighted by Gasteiger charge is 2.06. The predicted molar refractivity (Wildman–Crippen MR) is 65.3 cm³/mol. The molecule has 0 spiro atoms. The number of hydrogen-bond donors (Lipinski definition) is 0. The third kappa shape index (κ3) is 4.87. The first-order valence-electron chi connectivity index (χ1n) is 6.45. The summed E-state index contributed by atoms with van der Waals surface area (Å²) < 4.78 is 13.6. The Morgan fingerprint density at radius 1 is 1.20 bits per heavy atom. The Hall–Kier alpha value is -0.980. The van der Waals surface area contributed by atoms with Gasteiger partial charge in [0, 0.05) is 1.37 Å². The topological polar surface area (TPSA) is 9.23 Å². The first kappa shape index (κ1) is 10.5. The van der Waals surface area contributed by atoms with E-state index in [-0.39, 0.29) is 12.5 Å². The van der Waals surface area contributed by atoms with Gasteiger partial charge in [0.25, 0.3) is 0 Å². The Morgan fingerprint density at radius 3 is 2.53 bits per heavy atom. The first-order chi connectivity index (χ1) is 7.74. The van der Waals surface area contributed by atoms with Crippen molar-refractivity contribution in [2.24, 2.45) is 0 Å². The van der Waals surface area contributed by atoms with Crippen LogP contribution < -0.4 is 4.74 Å². The molecule has 0 N–H and O–H groups in total. The summed E-state index contributed by atoms with van der Waals surface area (Å²) in [6.07, 6.45) is 4.42. The van der Waals surface area contributed by atoms with Gasteiger partial charge in [-0.25, -0.2) is 0 Å². The summed E-state index contributed by atoms with van der Waals surface area (Å²) in [5.74, 6) is 0.878. The molecule has 1 aromatic carbocycles. The number of hydrogen-bond acceptors (Lipinski definition) is 1. The molecule has 0 aliphatic rings. The standard InChI is InChI=1S/C14H22O/c1-3-5-7-10-13(4-2)15-14-11-8-6-9-12-14/h6,8-9,11-13H,3-5,7,10H2,1-2H3/t13-/m0/s1/i4D/t4?,13-. The molecule has 0 saturated heterocycles. The van der Waals surface area contributed by atoms with Crippen molar-refractivity contribution in [3.05, 3.63) is 30.3 Å². The maximum absolute atomic E-state index is 7.79. The molecule has 1 nitrogen and oxygen atoms in total. The van der Waals surface area contributed by atoms with Gasteiger partial charge in [0.05, 0.1) is 6.10 Å². The molecule has 0 heterocycles. The molecule has 0 saturated carbocycles. The normalized spacial score (nSPS) is 15.5. The average Bonchev–Trinajstić information content (AvgIpc) is 2.29. The zero-order chi connectivity index (χ0) is 11.8. The Bertz CT molecular complexity index is 271. The number of ether oxygens (including phenoxy) is 1. The second-order valence-corrected chi connectivity index (χ2v) is 3.80. The van der Waals surface area contributed by atoms with Crippen LogP contribution >= 0.6 is 0 Å². The van der Waals surface area contributed by atoms with Gasteiger partial charge >= 0.3 is 0 Å². The maximum Gasteiger partial charge on any atom is 0.119 e. The third-order valence-electron chi connectivity index (χ3n) is 2.49. The van der Waals surface area contributed by atoms with Crippen LogP contribution in [0.3, 0.4) is 0 Å². The second-order valence-electron chi connectivity index (χ2n) is 3.80. The molecule has 0 bridgehead atoms. The van der Waals surface area contributed by atoms with Crippen molar-refractivity contribution in [1.82, 2.24) is 0 Å². The van der Waals surface area contributed by atoms with Crippen LogP contribution in [0.5, 0.6) is 5.75 Å². The molecular formula is C14H22O. The quantitative estimate of drug-likeness (QED) is 0.601. The van der Waals surface area contributed by atoms with Crippen LogP contribution in [0.4, 0.5) is 0 Å². The molecule has 0 amide bonds. The van der Waals surface area contributed by atoms with Crippen molar-refractivity contribution in [2.45, 2.75) is 52.0 Å². The molecule has 0 aromatic heterocycles. The van der Waals surface area contributed by atoms with Crippen molar-refractivity contribution >= 4 is 0 Å². The molecule has 0 radical (unpaired) electrons. The Balaban J connectivity index is 2.45. The highest BCUT2D eigenvalue weighted by molar-refractivity contribution is 5.21. The van der Waals surface area contributed by atoms with Crippen LogP contribution in [-0.4, -0.2) is 6.10 Å². The highest BCUT2D eigenvalue weighted by Crippen LogP contribution is 2.16. The number of unbranched alkanes of at least 4 members (excludes halogenated alkanes) is 2. The number of para-hydroxylation sites is 1. The van der Waals surface area contributed by atoms with E-state index in [0.717, 1.165) is 18.6 Å². The summed E-state index contributed by atoms with van der Waals surface area (Å²) in [5.41, 5.74) is 0. The average molecular weight is 207 g/mol. The lowest BCUT2D eigenvalue weighted by Gasteiger charge is -2.17. The molecule has 84 valence electrons. The van der Waals surface area contributed by atoms with Gasteiger partial charge in [-0.15, -0.1) is 0 Å². The lowest BCUT2D eigenvalue weighted by Crippen LogP contribution is -2.14. The minimum Gasteiger partial charge on any atom is -0.490 e. The van der Waals surface area contributed by atoms with Gasteiger partial charge < -0.3 is 4.74 Å². The Morgan fingerprint density at radius 2 is 1.93 bits per heavy atom. The Kier molecular flexibility index (Phi) is 5.15. The smallest absolute Gasteiger partial charge is 0.119 e. The third-order valence-corrected chi connectivity index (χ3v) is 2.49. The second kappa shape index (κ2) is 7.33. The lowest BCUT2D eigenvalue weighted by molar-refractivity contribution is 0.183. The van der Waals surface area contributed by atoms with E-state index in [0.29, 0.717) is 0 Å².